The van der Waals surface area contributed by atoms with Crippen LogP contribution in [0.1, 0.15) is 21.7 Å². The van der Waals surface area contributed by atoms with Gasteiger partial charge in [0.15, 0.2) is 0 Å². The van der Waals surface area contributed by atoms with Crippen molar-refractivity contribution in [1.29, 1.82) is 0 Å². The molecule has 0 aliphatic rings. The lowest BCUT2D eigenvalue weighted by Crippen LogP contribution is -1.92. The number of rotatable bonds is 3. The molecule has 1 aromatic heterocycles. The molecule has 0 unspecified atom stereocenters. The molecule has 0 spiro atoms. The molecule has 0 aliphatic carbocycles. The Balaban J connectivity index is 2.68. The number of methoxy groups -OCH3 is 1. The monoisotopic (exact) mass is 230 g/mol. The largest absolute Gasteiger partial charge is 0.496 e. The summed E-state index contributed by atoms with van der Waals surface area (Å²) in [5.41, 5.74) is 4.36. The quantitative estimate of drug-likeness (QED) is 0.824. The minimum Gasteiger partial charge on any atom is -0.496 e. The van der Waals surface area contributed by atoms with Gasteiger partial charge in [-0.05, 0) is 32.0 Å². The van der Waals surface area contributed by atoms with E-state index in [9.17, 15) is 4.79 Å². The van der Waals surface area contributed by atoms with Crippen LogP contribution in [-0.2, 0) is 0 Å². The molecule has 2 aromatic rings. The van der Waals surface area contributed by atoms with Gasteiger partial charge < -0.3 is 4.74 Å². The van der Waals surface area contributed by atoms with Crippen LogP contribution in [0.5, 0.6) is 5.75 Å². The normalized spacial score (nSPS) is 10.3. The van der Waals surface area contributed by atoms with Crippen molar-refractivity contribution in [3.63, 3.8) is 0 Å². The van der Waals surface area contributed by atoms with Crippen molar-refractivity contribution in [3.8, 4) is 16.9 Å². The lowest BCUT2D eigenvalue weighted by Gasteiger charge is -2.09. The fourth-order valence-electron chi connectivity index (χ4n) is 1.94. The maximum absolute atomic E-state index is 10.8. The molecule has 0 saturated heterocycles. The van der Waals surface area contributed by atoms with Gasteiger partial charge in [0.25, 0.3) is 0 Å². The first-order valence-electron chi connectivity index (χ1n) is 5.32. The van der Waals surface area contributed by atoms with Crippen molar-refractivity contribution in [1.82, 2.24) is 10.2 Å². The predicted octanol–water partition coefficient (Wildman–Crippen LogP) is 2.51. The van der Waals surface area contributed by atoms with Gasteiger partial charge in [-0.25, -0.2) is 0 Å². The van der Waals surface area contributed by atoms with Crippen molar-refractivity contribution in [3.05, 3.63) is 35.2 Å². The lowest BCUT2D eigenvalue weighted by molar-refractivity contribution is 0.112. The Kier molecular flexibility index (Phi) is 2.95. The molecule has 1 aromatic carbocycles. The number of carbonyl (C=O) groups excluding carboxylic acids is 1. The molecule has 0 fully saturated rings. The second-order valence-electron chi connectivity index (χ2n) is 3.89. The zero-order valence-corrected chi connectivity index (χ0v) is 10.1. The molecule has 88 valence electrons. The fourth-order valence-corrected chi connectivity index (χ4v) is 1.94. The van der Waals surface area contributed by atoms with Crippen LogP contribution < -0.4 is 4.74 Å². The van der Waals surface area contributed by atoms with Crippen LogP contribution in [0.25, 0.3) is 11.1 Å². The van der Waals surface area contributed by atoms with E-state index in [1.54, 1.807) is 19.2 Å². The van der Waals surface area contributed by atoms with Gasteiger partial charge in [0.2, 0.25) is 0 Å². The third-order valence-corrected chi connectivity index (χ3v) is 2.76. The molecule has 0 atom stereocenters. The SMILES string of the molecule is COc1ccc(C=O)cc1-c1c(C)n[nH]c1C. The highest BCUT2D eigenvalue weighted by molar-refractivity contribution is 5.82. The first-order chi connectivity index (χ1) is 8.17. The zero-order chi connectivity index (χ0) is 12.4. The fraction of sp³-hybridized carbons (Fsp3) is 0.231. The summed E-state index contributed by atoms with van der Waals surface area (Å²) < 4.78 is 5.32. The van der Waals surface area contributed by atoms with E-state index in [4.69, 9.17) is 4.74 Å². The lowest BCUT2D eigenvalue weighted by atomic mass is 10.0. The predicted molar refractivity (Wildman–Crippen MR) is 65.4 cm³/mol. The topological polar surface area (TPSA) is 55.0 Å². The summed E-state index contributed by atoms with van der Waals surface area (Å²) in [6.07, 6.45) is 0.827. The Labute approximate surface area is 99.6 Å². The number of carbonyl (C=O) groups is 1. The van der Waals surface area contributed by atoms with Gasteiger partial charge in [-0.15, -0.1) is 0 Å². The molecule has 0 radical (unpaired) electrons. The van der Waals surface area contributed by atoms with Gasteiger partial charge in [0.05, 0.1) is 12.8 Å². The molecule has 17 heavy (non-hydrogen) atoms. The van der Waals surface area contributed by atoms with E-state index in [1.807, 2.05) is 19.9 Å². The molecule has 0 saturated carbocycles. The molecule has 0 amide bonds. The average Bonchev–Trinajstić information content (AvgIpc) is 2.68. The molecule has 0 aliphatic heterocycles. The van der Waals surface area contributed by atoms with Gasteiger partial charge in [0.1, 0.15) is 12.0 Å². The van der Waals surface area contributed by atoms with Gasteiger partial charge in [-0.2, -0.15) is 5.10 Å². The van der Waals surface area contributed by atoms with Crippen LogP contribution in [0.4, 0.5) is 0 Å². The Morgan fingerprint density at radius 1 is 1.35 bits per heavy atom. The van der Waals surface area contributed by atoms with Crippen LogP contribution in [0.2, 0.25) is 0 Å². The first kappa shape index (κ1) is 11.4. The van der Waals surface area contributed by atoms with Gasteiger partial charge in [-0.1, -0.05) is 0 Å². The first-order valence-corrected chi connectivity index (χ1v) is 5.32. The Morgan fingerprint density at radius 2 is 2.12 bits per heavy atom. The summed E-state index contributed by atoms with van der Waals surface area (Å²) in [6, 6.07) is 5.35. The van der Waals surface area contributed by atoms with Crippen LogP contribution in [-0.4, -0.2) is 23.6 Å². The number of hydrogen-bond acceptors (Lipinski definition) is 3. The second kappa shape index (κ2) is 4.41. The number of hydrogen-bond donors (Lipinski definition) is 1. The summed E-state index contributed by atoms with van der Waals surface area (Å²) in [6.45, 7) is 3.87. The number of ether oxygens (including phenoxy) is 1. The minimum atomic E-state index is 0.626. The summed E-state index contributed by atoms with van der Waals surface area (Å²) in [7, 11) is 1.62. The standard InChI is InChI=1S/C13H14N2O2/c1-8-13(9(2)15-14-8)11-6-10(7-16)4-5-12(11)17-3/h4-7H,1-3H3,(H,14,15). The van der Waals surface area contributed by atoms with Crippen molar-refractivity contribution < 1.29 is 9.53 Å². The van der Waals surface area contributed by atoms with Crippen molar-refractivity contribution in [2.45, 2.75) is 13.8 Å². The summed E-state index contributed by atoms with van der Waals surface area (Å²) in [5, 5.41) is 7.08. The van der Waals surface area contributed by atoms with Crippen LogP contribution in [0, 0.1) is 13.8 Å². The molecule has 1 heterocycles. The van der Waals surface area contributed by atoms with Crippen molar-refractivity contribution >= 4 is 6.29 Å². The van der Waals surface area contributed by atoms with Gasteiger partial charge >= 0.3 is 0 Å². The zero-order valence-electron chi connectivity index (χ0n) is 10.1. The Morgan fingerprint density at radius 3 is 2.65 bits per heavy atom. The van der Waals surface area contributed by atoms with E-state index in [-0.39, 0.29) is 0 Å². The number of nitrogens with one attached hydrogen (secondary N) is 1. The summed E-state index contributed by atoms with van der Waals surface area (Å²) in [5.74, 6) is 0.739. The third kappa shape index (κ3) is 1.93. The molecule has 1 N–H and O–H groups in total. The van der Waals surface area contributed by atoms with E-state index < -0.39 is 0 Å². The number of nitrogens with zero attached hydrogens (tertiary/aromatic N) is 1. The molecular formula is C13H14N2O2. The van der Waals surface area contributed by atoms with Crippen molar-refractivity contribution in [2.75, 3.05) is 7.11 Å². The van der Waals surface area contributed by atoms with E-state index in [1.165, 1.54) is 0 Å². The van der Waals surface area contributed by atoms with E-state index >= 15 is 0 Å². The summed E-state index contributed by atoms with van der Waals surface area (Å²) >= 11 is 0. The van der Waals surface area contributed by atoms with E-state index in [0.717, 1.165) is 34.6 Å². The maximum Gasteiger partial charge on any atom is 0.150 e. The van der Waals surface area contributed by atoms with E-state index in [0.29, 0.717) is 5.56 Å². The number of benzene rings is 1. The van der Waals surface area contributed by atoms with Gasteiger partial charge in [-0.3, -0.25) is 9.89 Å². The molecule has 4 nitrogen and oxygen atoms in total. The third-order valence-electron chi connectivity index (χ3n) is 2.76. The van der Waals surface area contributed by atoms with Crippen LogP contribution in [0.3, 0.4) is 0 Å². The second-order valence-corrected chi connectivity index (χ2v) is 3.89. The maximum atomic E-state index is 10.8. The molecular weight excluding hydrogens is 216 g/mol. The van der Waals surface area contributed by atoms with Crippen LogP contribution in [0.15, 0.2) is 18.2 Å². The molecule has 0 bridgehead atoms. The molecule has 4 heteroatoms. The number of aromatic amines is 1. The van der Waals surface area contributed by atoms with E-state index in [2.05, 4.69) is 10.2 Å². The highest BCUT2D eigenvalue weighted by Crippen LogP contribution is 2.33. The number of aldehydes is 1. The Bertz CT molecular complexity index is 539. The number of H-pyrrole nitrogens is 1. The highest BCUT2D eigenvalue weighted by atomic mass is 16.5. The Hall–Kier alpha value is -2.10. The van der Waals surface area contributed by atoms with Crippen molar-refractivity contribution in [2.24, 2.45) is 0 Å². The summed E-state index contributed by atoms with van der Waals surface area (Å²) in [4.78, 5) is 10.8. The van der Waals surface area contributed by atoms with Crippen LogP contribution >= 0.6 is 0 Å². The molecule has 2 rings (SSSR count). The highest BCUT2D eigenvalue weighted by Gasteiger charge is 2.14. The van der Waals surface area contributed by atoms with Gasteiger partial charge in [0, 0.05) is 22.4 Å². The minimum absolute atomic E-state index is 0.626. The number of aryl methyl sites for hydroxylation is 2. The smallest absolute Gasteiger partial charge is 0.150 e. The number of aromatic nitrogens is 2. The average molecular weight is 230 g/mol.